The number of hydrogen-bond acceptors (Lipinski definition) is 4. The van der Waals surface area contributed by atoms with Crippen LogP contribution in [-0.2, 0) is 131 Å². The maximum absolute atomic E-state index is 9.76. The first-order valence-corrected chi connectivity index (χ1v) is 5.05. The van der Waals surface area contributed by atoms with Gasteiger partial charge in [0, 0.05) is 108 Å². The summed E-state index contributed by atoms with van der Waals surface area (Å²) in [5.41, 5.74) is 2.07. The molecule has 1 unspecified atom stereocenters. The monoisotopic (exact) mass is 723 g/mol. The number of terminal acetylenes is 2. The quantitative estimate of drug-likeness (QED) is 0.210. The summed E-state index contributed by atoms with van der Waals surface area (Å²) in [5, 5.41) is 1.44. The molecule has 0 saturated carbocycles. The predicted molar refractivity (Wildman–Crippen MR) is 41.3 cm³/mol. The van der Waals surface area contributed by atoms with Crippen LogP contribution in [0.4, 0.5) is 0 Å². The molecule has 0 aliphatic carbocycles. The summed E-state index contributed by atoms with van der Waals surface area (Å²) in [4.78, 5) is 0. The summed E-state index contributed by atoms with van der Waals surface area (Å²) >= 11 is 0. The normalized spacial score (nSPS) is 7.14. The number of hydrogen-bond donors (Lipinski definition) is 0. The molecule has 0 bridgehead atoms. The van der Waals surface area contributed by atoms with Crippen molar-refractivity contribution in [2.24, 2.45) is 0 Å². The van der Waals surface area contributed by atoms with Gasteiger partial charge in [0.1, 0.15) is 7.80 Å². The molecule has 0 saturated heterocycles. The summed E-state index contributed by atoms with van der Waals surface area (Å²) in [6, 6.07) is 0. The van der Waals surface area contributed by atoms with Crippen LogP contribution < -0.4 is 0 Å². The van der Waals surface area contributed by atoms with Crippen LogP contribution in [0.2, 0.25) is 0 Å². The molecule has 0 fully saturated rings. The zero-order chi connectivity index (χ0) is 8.57. The van der Waals surface area contributed by atoms with E-state index in [9.17, 15) is 4.57 Å². The SMILES string of the molecule is C#C[PH](C)=O.C#C[S-](=O)=O.[W].[W].[Y].[Y]. The smallest absolute Gasteiger partial charge is 0.140 e. The molecule has 2 radical (unpaired) electrons. The standard InChI is InChI=1S/C3H5OP.C2HO2S.2W.2Y/c1-3-5(2)4;1-2-5(3)4;;;;/h1,5H,2H3;1H;;;;/q;-1;;;;. The Morgan fingerprint density at radius 2 is 1.29 bits per heavy atom. The molecule has 9 heteroatoms. The van der Waals surface area contributed by atoms with Gasteiger partial charge in [-0.05, 0) is 23.0 Å². The molecule has 0 aromatic rings. The molecule has 0 aliphatic rings. The number of rotatable bonds is 0. The molecule has 0 aliphatic heterocycles. The van der Waals surface area contributed by atoms with Crippen molar-refractivity contribution in [1.29, 1.82) is 0 Å². The zero-order valence-corrected chi connectivity index (χ0v) is 20.6. The van der Waals surface area contributed by atoms with Gasteiger partial charge in [-0.15, -0.1) is 12.8 Å². The van der Waals surface area contributed by atoms with Gasteiger partial charge >= 0.3 is 0 Å². The molecule has 0 amide bonds. The van der Waals surface area contributed by atoms with Crippen LogP contribution in [-0.4, -0.2) is 6.66 Å². The van der Waals surface area contributed by atoms with E-state index in [-0.39, 0.29) is 108 Å². The third-order valence-corrected chi connectivity index (χ3v) is 0.898. The first kappa shape index (κ1) is 36.0. The van der Waals surface area contributed by atoms with E-state index in [0.717, 1.165) is 0 Å². The van der Waals surface area contributed by atoms with Crippen LogP contribution in [0.15, 0.2) is 0 Å². The molecule has 14 heavy (non-hydrogen) atoms. The van der Waals surface area contributed by atoms with Gasteiger partial charge in [-0.1, -0.05) is 0 Å². The summed E-state index contributed by atoms with van der Waals surface area (Å²) in [6.45, 7) is 1.53. The van der Waals surface area contributed by atoms with E-state index < -0.39 is 18.5 Å². The minimum atomic E-state index is -2.29. The molecular weight excluding hydrogens is 717 g/mol. The molecule has 0 aromatic heterocycles. The van der Waals surface area contributed by atoms with Crippen molar-refractivity contribution in [2.45, 2.75) is 0 Å². The molecule has 0 spiro atoms. The first-order chi connectivity index (χ1) is 4.54. The van der Waals surface area contributed by atoms with Crippen LogP contribution in [0, 0.1) is 23.8 Å². The largest absolute Gasteiger partial charge is 0.412 e. The second-order valence-corrected chi connectivity index (χ2v) is 3.16. The van der Waals surface area contributed by atoms with E-state index in [1.807, 2.05) is 0 Å². The fourth-order valence-corrected chi connectivity index (χ4v) is 0. The van der Waals surface area contributed by atoms with Gasteiger partial charge in [0.05, 0.1) is 0 Å². The van der Waals surface area contributed by atoms with Gasteiger partial charge in [-0.3, -0.25) is 0 Å². The Kier molecular flexibility index (Phi) is 76.3. The Bertz CT molecular complexity index is 261. The van der Waals surface area contributed by atoms with Crippen molar-refractivity contribution < 1.29 is 121 Å². The van der Waals surface area contributed by atoms with Crippen LogP contribution >= 0.6 is 7.80 Å². The van der Waals surface area contributed by atoms with Gasteiger partial charge < -0.3 is 13.0 Å². The Hall–Kier alpha value is 2.88. The van der Waals surface area contributed by atoms with Crippen molar-refractivity contribution in [3.63, 3.8) is 0 Å². The minimum absolute atomic E-state index is 0. The van der Waals surface area contributed by atoms with Crippen molar-refractivity contribution in [1.82, 2.24) is 0 Å². The van der Waals surface area contributed by atoms with Gasteiger partial charge in [0.2, 0.25) is 0 Å². The Labute approximate surface area is 166 Å². The molecular formula is C5H6O3PSW2Y2-. The van der Waals surface area contributed by atoms with Crippen LogP contribution in [0.5, 0.6) is 0 Å². The third-order valence-electron chi connectivity index (χ3n) is 0.299. The summed E-state index contributed by atoms with van der Waals surface area (Å²) in [6.07, 6.45) is 8.96. The van der Waals surface area contributed by atoms with Crippen molar-refractivity contribution in [2.75, 3.05) is 6.66 Å². The van der Waals surface area contributed by atoms with Crippen molar-refractivity contribution in [3.05, 3.63) is 0 Å². The molecule has 1 atom stereocenters. The van der Waals surface area contributed by atoms with E-state index >= 15 is 0 Å². The summed E-state index contributed by atoms with van der Waals surface area (Å²) in [7, 11) is -3.89. The molecule has 0 heterocycles. The Morgan fingerprint density at radius 3 is 1.29 bits per heavy atom. The average Bonchev–Trinajstić information content (AvgIpc) is 1.89. The predicted octanol–water partition coefficient (Wildman–Crippen LogP) is 0.643. The maximum Gasteiger partial charge on any atom is 0.140 e. The van der Waals surface area contributed by atoms with E-state index in [2.05, 4.69) is 18.5 Å². The van der Waals surface area contributed by atoms with E-state index in [1.54, 1.807) is 0 Å². The minimum Gasteiger partial charge on any atom is -0.412 e. The van der Waals surface area contributed by atoms with Crippen LogP contribution in [0.1, 0.15) is 0 Å². The third kappa shape index (κ3) is 60.5. The first-order valence-electron chi connectivity index (χ1n) is 2.07. The molecule has 0 N–H and O–H groups in total. The Balaban J connectivity index is -0.0000000178. The van der Waals surface area contributed by atoms with E-state index in [0.29, 0.717) is 0 Å². The fourth-order valence-electron chi connectivity index (χ4n) is 0. The average molecular weight is 723 g/mol. The summed E-state index contributed by atoms with van der Waals surface area (Å²) in [5.74, 6) is 0. The fraction of sp³-hybridized carbons (Fsp3) is 0.200. The van der Waals surface area contributed by atoms with E-state index in [1.165, 1.54) is 11.9 Å². The van der Waals surface area contributed by atoms with Crippen molar-refractivity contribution in [3.8, 4) is 23.8 Å². The van der Waals surface area contributed by atoms with Crippen LogP contribution in [0.25, 0.3) is 0 Å². The van der Waals surface area contributed by atoms with Crippen molar-refractivity contribution >= 4 is 18.5 Å². The second kappa shape index (κ2) is 29.7. The molecule has 0 aromatic carbocycles. The zero-order valence-electron chi connectivity index (χ0n) is 7.26. The maximum atomic E-state index is 9.76. The molecule has 0 rings (SSSR count). The van der Waals surface area contributed by atoms with Gasteiger partial charge in [0.15, 0.2) is 0 Å². The Morgan fingerprint density at radius 1 is 1.14 bits per heavy atom. The van der Waals surface area contributed by atoms with Gasteiger partial charge in [-0.25, -0.2) is 0 Å². The summed E-state index contributed by atoms with van der Waals surface area (Å²) < 4.78 is 28.0. The van der Waals surface area contributed by atoms with Crippen LogP contribution in [0.3, 0.4) is 0 Å². The van der Waals surface area contributed by atoms with Gasteiger partial charge in [0.25, 0.3) is 0 Å². The topological polar surface area (TPSA) is 51.2 Å². The van der Waals surface area contributed by atoms with E-state index in [4.69, 9.17) is 8.42 Å². The van der Waals surface area contributed by atoms with Gasteiger partial charge in [-0.2, -0.15) is 5.25 Å². The molecule has 3 nitrogen and oxygen atoms in total. The molecule has 74 valence electrons. The second-order valence-electron chi connectivity index (χ2n) is 1.05.